The standard InChI is InChI=1S/C21H22N2O4/c1-2-23(14-16-9-6-10-18-20(16)26-12-11-25-18)21(24)17-13-19(27-22-17)15-7-4-3-5-8-15/h3-10,19H,2,11-14H2,1H3. The molecule has 2 aromatic carbocycles. The van der Waals surface area contributed by atoms with Crippen molar-refractivity contribution in [2.45, 2.75) is 26.0 Å². The lowest BCUT2D eigenvalue weighted by Crippen LogP contribution is -2.35. The van der Waals surface area contributed by atoms with Gasteiger partial charge in [-0.2, -0.15) is 0 Å². The minimum Gasteiger partial charge on any atom is -0.486 e. The first-order valence-electron chi connectivity index (χ1n) is 9.20. The normalized spacial score (nSPS) is 17.8. The number of benzene rings is 2. The number of fused-ring (bicyclic) bond motifs is 1. The number of carbonyl (C=O) groups is 1. The second-order valence-electron chi connectivity index (χ2n) is 6.51. The predicted octanol–water partition coefficient (Wildman–Crippen LogP) is 3.32. The first-order valence-corrected chi connectivity index (χ1v) is 9.20. The van der Waals surface area contributed by atoms with Crippen molar-refractivity contribution in [3.05, 3.63) is 59.7 Å². The topological polar surface area (TPSA) is 60.4 Å². The first kappa shape index (κ1) is 17.4. The number of para-hydroxylation sites is 1. The third-order valence-electron chi connectivity index (χ3n) is 4.76. The number of hydrogen-bond donors (Lipinski definition) is 0. The Kier molecular flexibility index (Phi) is 4.96. The van der Waals surface area contributed by atoms with Gasteiger partial charge in [0.1, 0.15) is 18.9 Å². The molecule has 140 valence electrons. The van der Waals surface area contributed by atoms with Crippen LogP contribution in [0, 0.1) is 0 Å². The monoisotopic (exact) mass is 366 g/mol. The quantitative estimate of drug-likeness (QED) is 0.814. The van der Waals surface area contributed by atoms with Gasteiger partial charge in [-0.15, -0.1) is 0 Å². The van der Waals surface area contributed by atoms with E-state index in [0.29, 0.717) is 38.4 Å². The summed E-state index contributed by atoms with van der Waals surface area (Å²) < 4.78 is 11.4. The molecule has 1 amide bonds. The number of nitrogens with zero attached hydrogens (tertiary/aromatic N) is 2. The van der Waals surface area contributed by atoms with Crippen molar-refractivity contribution in [2.75, 3.05) is 19.8 Å². The van der Waals surface area contributed by atoms with Crippen molar-refractivity contribution in [1.29, 1.82) is 0 Å². The Bertz CT molecular complexity index is 851. The average molecular weight is 366 g/mol. The highest BCUT2D eigenvalue weighted by Gasteiger charge is 2.30. The molecule has 1 unspecified atom stereocenters. The molecule has 6 heteroatoms. The Morgan fingerprint density at radius 1 is 1.11 bits per heavy atom. The summed E-state index contributed by atoms with van der Waals surface area (Å²) in [6.45, 7) is 4.02. The van der Waals surface area contributed by atoms with E-state index in [1.165, 1.54) is 0 Å². The molecule has 4 rings (SSSR count). The lowest BCUT2D eigenvalue weighted by molar-refractivity contribution is -0.124. The van der Waals surface area contributed by atoms with Gasteiger partial charge in [0.2, 0.25) is 0 Å². The molecule has 1 atom stereocenters. The molecular weight excluding hydrogens is 344 g/mol. The van der Waals surface area contributed by atoms with Crippen LogP contribution in [0.5, 0.6) is 11.5 Å². The Labute approximate surface area is 158 Å². The minimum absolute atomic E-state index is 0.106. The molecule has 0 fully saturated rings. The predicted molar refractivity (Wildman–Crippen MR) is 101 cm³/mol. The summed E-state index contributed by atoms with van der Waals surface area (Å²) >= 11 is 0. The molecule has 0 saturated carbocycles. The molecule has 0 aromatic heterocycles. The van der Waals surface area contributed by atoms with Crippen LogP contribution < -0.4 is 9.47 Å². The van der Waals surface area contributed by atoms with E-state index in [1.807, 2.05) is 55.5 Å². The third kappa shape index (κ3) is 3.60. The second kappa shape index (κ2) is 7.70. The molecule has 0 saturated heterocycles. The minimum atomic E-state index is -0.204. The van der Waals surface area contributed by atoms with Crippen LogP contribution in [0.2, 0.25) is 0 Å². The highest BCUT2D eigenvalue weighted by atomic mass is 16.6. The maximum absolute atomic E-state index is 13.0. The highest BCUT2D eigenvalue weighted by molar-refractivity contribution is 6.39. The van der Waals surface area contributed by atoms with E-state index in [-0.39, 0.29) is 12.0 Å². The molecular formula is C21H22N2O4. The van der Waals surface area contributed by atoms with Gasteiger partial charge in [0, 0.05) is 25.1 Å². The van der Waals surface area contributed by atoms with Crippen LogP contribution in [0.15, 0.2) is 53.7 Å². The van der Waals surface area contributed by atoms with E-state index in [4.69, 9.17) is 14.3 Å². The molecule has 0 N–H and O–H groups in total. The van der Waals surface area contributed by atoms with Gasteiger partial charge in [-0.05, 0) is 18.6 Å². The van der Waals surface area contributed by atoms with Crippen LogP contribution in [0.4, 0.5) is 0 Å². The van der Waals surface area contributed by atoms with Crippen LogP contribution in [0.3, 0.4) is 0 Å². The van der Waals surface area contributed by atoms with Gasteiger partial charge in [0.15, 0.2) is 17.6 Å². The van der Waals surface area contributed by atoms with Gasteiger partial charge < -0.3 is 19.2 Å². The summed E-state index contributed by atoms with van der Waals surface area (Å²) in [5.74, 6) is 1.35. The van der Waals surface area contributed by atoms with Gasteiger partial charge in [-0.1, -0.05) is 47.6 Å². The van der Waals surface area contributed by atoms with E-state index >= 15 is 0 Å². The Hall–Kier alpha value is -3.02. The Morgan fingerprint density at radius 3 is 2.74 bits per heavy atom. The molecule has 0 bridgehead atoms. The number of oxime groups is 1. The SMILES string of the molecule is CCN(Cc1cccc2c1OCCO2)C(=O)C1=NOC(c2ccccc2)C1. The van der Waals surface area contributed by atoms with E-state index in [2.05, 4.69) is 5.16 Å². The zero-order valence-electron chi connectivity index (χ0n) is 15.3. The van der Waals surface area contributed by atoms with Gasteiger partial charge in [-0.25, -0.2) is 0 Å². The zero-order valence-corrected chi connectivity index (χ0v) is 15.3. The molecule has 0 spiro atoms. The zero-order chi connectivity index (χ0) is 18.6. The fourth-order valence-corrected chi connectivity index (χ4v) is 3.32. The summed E-state index contributed by atoms with van der Waals surface area (Å²) in [7, 11) is 0. The molecule has 2 aliphatic rings. The number of carbonyl (C=O) groups excluding carboxylic acids is 1. The molecule has 27 heavy (non-hydrogen) atoms. The summed E-state index contributed by atoms with van der Waals surface area (Å²) in [6.07, 6.45) is 0.274. The molecule has 2 aliphatic heterocycles. The van der Waals surface area contributed by atoms with Crippen molar-refractivity contribution in [3.8, 4) is 11.5 Å². The average Bonchev–Trinajstić information content (AvgIpc) is 3.22. The van der Waals surface area contributed by atoms with E-state index in [1.54, 1.807) is 4.90 Å². The number of amides is 1. The molecule has 0 radical (unpaired) electrons. The lowest BCUT2D eigenvalue weighted by atomic mass is 10.0. The molecule has 2 aromatic rings. The summed E-state index contributed by atoms with van der Waals surface area (Å²) in [4.78, 5) is 20.2. The number of ether oxygens (including phenoxy) is 2. The van der Waals surface area contributed by atoms with Gasteiger partial charge >= 0.3 is 0 Å². The van der Waals surface area contributed by atoms with Crippen molar-refractivity contribution in [2.24, 2.45) is 5.16 Å². The molecule has 0 aliphatic carbocycles. The summed E-state index contributed by atoms with van der Waals surface area (Å²) in [6, 6.07) is 15.6. The number of hydrogen-bond acceptors (Lipinski definition) is 5. The third-order valence-corrected chi connectivity index (χ3v) is 4.76. The van der Waals surface area contributed by atoms with Gasteiger partial charge in [0.05, 0.1) is 0 Å². The smallest absolute Gasteiger partial charge is 0.272 e. The maximum Gasteiger partial charge on any atom is 0.272 e. The highest BCUT2D eigenvalue weighted by Crippen LogP contribution is 2.34. The summed E-state index contributed by atoms with van der Waals surface area (Å²) in [5, 5.41) is 4.06. The van der Waals surface area contributed by atoms with Crippen LogP contribution in [-0.2, 0) is 16.2 Å². The van der Waals surface area contributed by atoms with Crippen molar-refractivity contribution >= 4 is 11.6 Å². The van der Waals surface area contributed by atoms with E-state index < -0.39 is 0 Å². The van der Waals surface area contributed by atoms with Crippen molar-refractivity contribution in [1.82, 2.24) is 4.90 Å². The Morgan fingerprint density at radius 2 is 1.93 bits per heavy atom. The van der Waals surface area contributed by atoms with E-state index in [0.717, 1.165) is 22.6 Å². The van der Waals surface area contributed by atoms with Crippen LogP contribution in [0.25, 0.3) is 0 Å². The fourth-order valence-electron chi connectivity index (χ4n) is 3.32. The van der Waals surface area contributed by atoms with Crippen molar-refractivity contribution < 1.29 is 19.1 Å². The largest absolute Gasteiger partial charge is 0.486 e. The van der Waals surface area contributed by atoms with Crippen molar-refractivity contribution in [3.63, 3.8) is 0 Å². The van der Waals surface area contributed by atoms with Crippen LogP contribution in [0.1, 0.15) is 30.6 Å². The Balaban J connectivity index is 1.47. The molecule has 6 nitrogen and oxygen atoms in total. The second-order valence-corrected chi connectivity index (χ2v) is 6.51. The lowest BCUT2D eigenvalue weighted by Gasteiger charge is -2.25. The fraction of sp³-hybridized carbons (Fsp3) is 0.333. The molecule has 2 heterocycles. The first-order chi connectivity index (χ1) is 13.3. The maximum atomic E-state index is 13.0. The number of rotatable bonds is 5. The van der Waals surface area contributed by atoms with E-state index in [9.17, 15) is 4.79 Å². The van der Waals surface area contributed by atoms with Crippen LogP contribution in [-0.4, -0.2) is 36.3 Å². The summed E-state index contributed by atoms with van der Waals surface area (Å²) in [5.41, 5.74) is 2.41. The van der Waals surface area contributed by atoms with Crippen LogP contribution >= 0.6 is 0 Å². The van der Waals surface area contributed by atoms with Gasteiger partial charge in [0.25, 0.3) is 5.91 Å². The van der Waals surface area contributed by atoms with Gasteiger partial charge in [-0.3, -0.25) is 4.79 Å².